The van der Waals surface area contributed by atoms with Crippen LogP contribution in [-0.4, -0.2) is 68.3 Å². The highest BCUT2D eigenvalue weighted by Gasteiger charge is 2.58. The minimum Gasteiger partial charge on any atom is -0.391 e. The van der Waals surface area contributed by atoms with Crippen molar-refractivity contribution in [2.24, 2.45) is 15.7 Å². The highest BCUT2D eigenvalue weighted by Crippen LogP contribution is 2.40. The standard InChI is InChI=1S/C12H17ClN4O4/c1-3-4-12(13)8(19)7(6(2)18)21-9(12)17-5-15-10(14)16-11(17)20/h5-9,11,18-20H,1-2H3,(H2,14,16)/t6-,7-,8+,9-,11?,12?/m1/s1. The number of aliphatic imine (C=N–C) groups is 2. The molecular formula is C12H17ClN4O4. The summed E-state index contributed by atoms with van der Waals surface area (Å²) in [6.45, 7) is 3.02. The highest BCUT2D eigenvalue weighted by molar-refractivity contribution is 6.27. The van der Waals surface area contributed by atoms with Crippen LogP contribution in [0.25, 0.3) is 0 Å². The Labute approximate surface area is 126 Å². The smallest absolute Gasteiger partial charge is 0.231 e. The lowest BCUT2D eigenvalue weighted by molar-refractivity contribution is -0.115. The molecule has 5 N–H and O–H groups in total. The number of ether oxygens (including phenoxy) is 1. The maximum atomic E-state index is 10.3. The van der Waals surface area contributed by atoms with Gasteiger partial charge in [0, 0.05) is 0 Å². The lowest BCUT2D eigenvalue weighted by Gasteiger charge is -2.35. The fourth-order valence-electron chi connectivity index (χ4n) is 2.28. The molecule has 9 heteroatoms. The SMILES string of the molecule is CC#CC1(Cl)[C@@H](O)[C@@H]([C@@H](C)O)O[C@H]1N1C=NC(N)=NC1O. The van der Waals surface area contributed by atoms with Crippen molar-refractivity contribution in [1.82, 2.24) is 4.90 Å². The van der Waals surface area contributed by atoms with Crippen LogP contribution in [0, 0.1) is 11.8 Å². The Morgan fingerprint density at radius 1 is 1.57 bits per heavy atom. The number of aliphatic hydroxyl groups excluding tert-OH is 3. The third-order valence-electron chi connectivity index (χ3n) is 3.29. The van der Waals surface area contributed by atoms with Gasteiger partial charge in [0.05, 0.1) is 6.10 Å². The molecule has 0 aromatic carbocycles. The summed E-state index contributed by atoms with van der Waals surface area (Å²) in [5.74, 6) is 5.19. The highest BCUT2D eigenvalue weighted by atomic mass is 35.5. The Kier molecular flexibility index (Phi) is 4.41. The number of guanidine groups is 1. The molecule has 0 aliphatic carbocycles. The molecule has 0 amide bonds. The molecule has 8 nitrogen and oxygen atoms in total. The van der Waals surface area contributed by atoms with E-state index >= 15 is 0 Å². The van der Waals surface area contributed by atoms with Crippen molar-refractivity contribution in [3.63, 3.8) is 0 Å². The molecule has 1 saturated heterocycles. The van der Waals surface area contributed by atoms with E-state index in [-0.39, 0.29) is 5.96 Å². The van der Waals surface area contributed by atoms with Crippen molar-refractivity contribution in [2.45, 2.75) is 49.6 Å². The summed E-state index contributed by atoms with van der Waals surface area (Å²) in [7, 11) is 0. The van der Waals surface area contributed by atoms with Crippen LogP contribution in [0.15, 0.2) is 9.98 Å². The maximum Gasteiger partial charge on any atom is 0.231 e. The molecular weight excluding hydrogens is 300 g/mol. The number of rotatable bonds is 2. The average molecular weight is 317 g/mol. The summed E-state index contributed by atoms with van der Waals surface area (Å²) in [5, 5.41) is 30.0. The van der Waals surface area contributed by atoms with E-state index in [2.05, 4.69) is 21.8 Å². The monoisotopic (exact) mass is 316 g/mol. The maximum absolute atomic E-state index is 10.3. The molecule has 0 spiro atoms. The van der Waals surface area contributed by atoms with Gasteiger partial charge in [-0.1, -0.05) is 17.5 Å². The normalized spacial score (nSPS) is 40.5. The Bertz CT molecular complexity index is 529. The van der Waals surface area contributed by atoms with Gasteiger partial charge in [0.1, 0.15) is 18.5 Å². The molecule has 2 aliphatic heterocycles. The molecule has 2 unspecified atom stereocenters. The third-order valence-corrected chi connectivity index (χ3v) is 3.79. The summed E-state index contributed by atoms with van der Waals surface area (Å²) >= 11 is 6.41. The molecule has 21 heavy (non-hydrogen) atoms. The largest absolute Gasteiger partial charge is 0.391 e. The lowest BCUT2D eigenvalue weighted by Crippen LogP contribution is -2.54. The number of nitrogens with two attached hydrogens (primary N) is 1. The number of halogens is 1. The van der Waals surface area contributed by atoms with E-state index in [0.717, 1.165) is 0 Å². The zero-order valence-corrected chi connectivity index (χ0v) is 12.3. The van der Waals surface area contributed by atoms with Crippen LogP contribution in [0.3, 0.4) is 0 Å². The number of hydrogen-bond acceptors (Lipinski definition) is 8. The van der Waals surface area contributed by atoms with Crippen molar-refractivity contribution in [2.75, 3.05) is 0 Å². The first-order valence-electron chi connectivity index (χ1n) is 6.28. The van der Waals surface area contributed by atoms with Crippen LogP contribution in [0.5, 0.6) is 0 Å². The zero-order valence-electron chi connectivity index (χ0n) is 11.5. The van der Waals surface area contributed by atoms with Crippen molar-refractivity contribution < 1.29 is 20.1 Å². The van der Waals surface area contributed by atoms with Crippen LogP contribution in [-0.2, 0) is 4.74 Å². The molecule has 2 rings (SSSR count). The molecule has 0 aromatic heterocycles. The van der Waals surface area contributed by atoms with Gasteiger partial charge in [-0.15, -0.1) is 5.92 Å². The van der Waals surface area contributed by atoms with Crippen LogP contribution < -0.4 is 5.73 Å². The van der Waals surface area contributed by atoms with Crippen molar-refractivity contribution in [3.8, 4) is 11.8 Å². The minimum absolute atomic E-state index is 0.0916. The fourth-order valence-corrected chi connectivity index (χ4v) is 2.67. The predicted molar refractivity (Wildman–Crippen MR) is 76.3 cm³/mol. The zero-order chi connectivity index (χ0) is 15.8. The van der Waals surface area contributed by atoms with Crippen molar-refractivity contribution in [1.29, 1.82) is 0 Å². The summed E-state index contributed by atoms with van der Waals surface area (Å²) in [5.41, 5.74) is 5.39. The van der Waals surface area contributed by atoms with E-state index in [9.17, 15) is 15.3 Å². The number of aliphatic hydroxyl groups is 3. The van der Waals surface area contributed by atoms with Crippen LogP contribution in [0.1, 0.15) is 13.8 Å². The quantitative estimate of drug-likeness (QED) is 0.359. The second-order valence-electron chi connectivity index (χ2n) is 4.81. The molecule has 116 valence electrons. The second kappa shape index (κ2) is 5.79. The summed E-state index contributed by atoms with van der Waals surface area (Å²) in [4.78, 5) is 7.07. The topological polar surface area (TPSA) is 124 Å². The van der Waals surface area contributed by atoms with E-state index in [1.54, 1.807) is 6.92 Å². The molecule has 0 aromatic rings. The lowest BCUT2D eigenvalue weighted by atomic mass is 9.96. The van der Waals surface area contributed by atoms with Gasteiger partial charge in [-0.2, -0.15) is 4.99 Å². The van der Waals surface area contributed by atoms with E-state index in [1.165, 1.54) is 18.2 Å². The Morgan fingerprint density at radius 2 is 2.24 bits per heavy atom. The first kappa shape index (κ1) is 16.0. The molecule has 2 heterocycles. The Morgan fingerprint density at radius 3 is 2.76 bits per heavy atom. The van der Waals surface area contributed by atoms with E-state index in [4.69, 9.17) is 22.1 Å². The van der Waals surface area contributed by atoms with Gasteiger partial charge in [0.15, 0.2) is 11.1 Å². The average Bonchev–Trinajstić information content (AvgIpc) is 2.64. The number of hydrogen-bond donors (Lipinski definition) is 4. The van der Waals surface area contributed by atoms with Gasteiger partial charge in [-0.05, 0) is 13.8 Å². The third kappa shape index (κ3) is 2.71. The molecule has 0 radical (unpaired) electrons. The summed E-state index contributed by atoms with van der Waals surface area (Å²) < 4.78 is 5.58. The van der Waals surface area contributed by atoms with E-state index < -0.39 is 35.8 Å². The second-order valence-corrected chi connectivity index (χ2v) is 5.43. The van der Waals surface area contributed by atoms with Gasteiger partial charge in [0.25, 0.3) is 0 Å². The van der Waals surface area contributed by atoms with E-state index in [0.29, 0.717) is 0 Å². The van der Waals surface area contributed by atoms with Crippen LogP contribution in [0.4, 0.5) is 0 Å². The minimum atomic E-state index is -1.55. The van der Waals surface area contributed by atoms with Gasteiger partial charge < -0.3 is 25.8 Å². The number of alkyl halides is 1. The fraction of sp³-hybridized carbons (Fsp3) is 0.667. The van der Waals surface area contributed by atoms with Crippen molar-refractivity contribution in [3.05, 3.63) is 0 Å². The Hall–Kier alpha value is -1.37. The van der Waals surface area contributed by atoms with Crippen LogP contribution >= 0.6 is 11.6 Å². The first-order chi connectivity index (χ1) is 9.81. The molecule has 6 atom stereocenters. The van der Waals surface area contributed by atoms with E-state index in [1.807, 2.05) is 0 Å². The molecule has 2 aliphatic rings. The summed E-state index contributed by atoms with van der Waals surface area (Å²) in [6, 6.07) is 0. The van der Waals surface area contributed by atoms with Gasteiger partial charge >= 0.3 is 0 Å². The molecule has 1 fully saturated rings. The molecule has 0 saturated carbocycles. The van der Waals surface area contributed by atoms with Crippen molar-refractivity contribution >= 4 is 23.9 Å². The van der Waals surface area contributed by atoms with Gasteiger partial charge in [0.2, 0.25) is 12.3 Å². The van der Waals surface area contributed by atoms with Gasteiger partial charge in [-0.3, -0.25) is 4.90 Å². The first-order valence-corrected chi connectivity index (χ1v) is 6.66. The van der Waals surface area contributed by atoms with Gasteiger partial charge in [-0.25, -0.2) is 4.99 Å². The molecule has 0 bridgehead atoms. The Balaban J connectivity index is 2.36. The number of nitrogens with zero attached hydrogens (tertiary/aromatic N) is 3. The van der Waals surface area contributed by atoms with Crippen LogP contribution in [0.2, 0.25) is 0 Å². The summed E-state index contributed by atoms with van der Waals surface area (Å²) in [6.07, 6.45) is -4.42. The predicted octanol–water partition coefficient (Wildman–Crippen LogP) is -1.61.